The van der Waals surface area contributed by atoms with E-state index in [4.69, 9.17) is 10.5 Å². The Balaban J connectivity index is 1.97. The van der Waals surface area contributed by atoms with Gasteiger partial charge in [-0.3, -0.25) is 4.68 Å². The molecule has 6 heteroatoms. The summed E-state index contributed by atoms with van der Waals surface area (Å²) in [5, 5.41) is 4.18. The molecular formula is C11H19N5O. The molecule has 1 aliphatic heterocycles. The van der Waals surface area contributed by atoms with E-state index in [9.17, 15) is 0 Å². The van der Waals surface area contributed by atoms with Crippen LogP contribution in [0.3, 0.4) is 0 Å². The first-order valence-corrected chi connectivity index (χ1v) is 5.78. The third kappa shape index (κ3) is 2.76. The van der Waals surface area contributed by atoms with E-state index in [-0.39, 0.29) is 0 Å². The summed E-state index contributed by atoms with van der Waals surface area (Å²) in [5.41, 5.74) is 8.19. The second kappa shape index (κ2) is 5.18. The Hall–Kier alpha value is -1.56. The third-order valence-electron chi connectivity index (χ3n) is 3.08. The van der Waals surface area contributed by atoms with Gasteiger partial charge in [-0.05, 0) is 6.92 Å². The molecular weight excluding hydrogens is 218 g/mol. The van der Waals surface area contributed by atoms with E-state index < -0.39 is 0 Å². The van der Waals surface area contributed by atoms with Crippen LogP contribution in [0.1, 0.15) is 11.3 Å². The topological polar surface area (TPSA) is 68.7 Å². The van der Waals surface area contributed by atoms with Crippen molar-refractivity contribution in [1.29, 1.82) is 0 Å². The fourth-order valence-corrected chi connectivity index (χ4v) is 1.76. The number of hydrogen-bond donors (Lipinski definition) is 1. The molecule has 0 bridgehead atoms. The molecule has 0 amide bonds. The minimum absolute atomic E-state index is 0.586. The van der Waals surface area contributed by atoms with E-state index in [1.165, 1.54) is 0 Å². The molecule has 1 aromatic rings. The number of nitrogens with two attached hydrogens (primary N) is 1. The van der Waals surface area contributed by atoms with E-state index in [0.29, 0.717) is 12.5 Å². The van der Waals surface area contributed by atoms with Crippen LogP contribution in [0.25, 0.3) is 0 Å². The maximum atomic E-state index is 5.95. The molecule has 2 heterocycles. The van der Waals surface area contributed by atoms with Gasteiger partial charge in [0.05, 0.1) is 26.0 Å². The molecule has 0 saturated carbocycles. The summed E-state index contributed by atoms with van der Waals surface area (Å²) in [5.74, 6) is 0.594. The molecule has 1 aliphatic rings. The predicted octanol–water partition coefficient (Wildman–Crippen LogP) is -0.125. The first kappa shape index (κ1) is 11.9. The van der Waals surface area contributed by atoms with Gasteiger partial charge in [0.25, 0.3) is 0 Å². The Labute approximate surface area is 101 Å². The van der Waals surface area contributed by atoms with E-state index in [1.807, 2.05) is 24.9 Å². The Morgan fingerprint density at radius 3 is 2.82 bits per heavy atom. The molecule has 0 atom stereocenters. The van der Waals surface area contributed by atoms with Crippen molar-refractivity contribution in [2.24, 2.45) is 17.8 Å². The summed E-state index contributed by atoms with van der Waals surface area (Å²) < 4.78 is 7.11. The van der Waals surface area contributed by atoms with Gasteiger partial charge in [-0.15, -0.1) is 0 Å². The van der Waals surface area contributed by atoms with Crippen molar-refractivity contribution in [3.05, 3.63) is 17.5 Å². The Morgan fingerprint density at radius 2 is 2.24 bits per heavy atom. The van der Waals surface area contributed by atoms with Crippen molar-refractivity contribution < 1.29 is 4.74 Å². The number of aromatic nitrogens is 2. The summed E-state index contributed by atoms with van der Waals surface area (Å²) in [6.07, 6.45) is 1.84. The molecule has 1 fully saturated rings. The van der Waals surface area contributed by atoms with Crippen LogP contribution < -0.4 is 5.73 Å². The average molecular weight is 237 g/mol. The fourth-order valence-electron chi connectivity index (χ4n) is 1.76. The van der Waals surface area contributed by atoms with Crippen molar-refractivity contribution in [3.63, 3.8) is 0 Å². The third-order valence-corrected chi connectivity index (χ3v) is 3.08. The molecule has 0 spiro atoms. The maximum absolute atomic E-state index is 5.95. The molecule has 1 aromatic heterocycles. The normalized spacial score (nSPS) is 17.5. The maximum Gasteiger partial charge on any atom is 0.191 e. The number of hydrogen-bond acceptors (Lipinski definition) is 3. The summed E-state index contributed by atoms with van der Waals surface area (Å²) in [6.45, 7) is 5.71. The van der Waals surface area contributed by atoms with Crippen molar-refractivity contribution in [2.45, 2.75) is 13.5 Å². The molecule has 1 saturated heterocycles. The van der Waals surface area contributed by atoms with Gasteiger partial charge in [0.1, 0.15) is 0 Å². The van der Waals surface area contributed by atoms with Gasteiger partial charge < -0.3 is 15.4 Å². The van der Waals surface area contributed by atoms with E-state index in [1.54, 1.807) is 0 Å². The van der Waals surface area contributed by atoms with Gasteiger partial charge in [-0.2, -0.15) is 5.10 Å². The lowest BCUT2D eigenvalue weighted by Crippen LogP contribution is -2.44. The zero-order chi connectivity index (χ0) is 12.3. The Bertz CT molecular complexity index is 406. The standard InChI is InChI=1S/C11H19N5O/c1-9-10(8-14-15(9)2)7-13-11(12)16-3-5-17-6-4-16/h8H,3-7H2,1-2H3,(H2,12,13). The van der Waals surface area contributed by atoms with Crippen LogP contribution in [-0.4, -0.2) is 46.9 Å². The van der Waals surface area contributed by atoms with Gasteiger partial charge in [-0.1, -0.05) is 0 Å². The summed E-state index contributed by atoms with van der Waals surface area (Å²) in [7, 11) is 1.92. The highest BCUT2D eigenvalue weighted by atomic mass is 16.5. The molecule has 0 unspecified atom stereocenters. The number of rotatable bonds is 2. The quantitative estimate of drug-likeness (QED) is 0.575. The summed E-state index contributed by atoms with van der Waals surface area (Å²) in [4.78, 5) is 6.45. The van der Waals surface area contributed by atoms with E-state index in [0.717, 1.165) is 37.6 Å². The van der Waals surface area contributed by atoms with Crippen molar-refractivity contribution in [2.75, 3.05) is 26.3 Å². The van der Waals surface area contributed by atoms with E-state index in [2.05, 4.69) is 15.0 Å². The Kier molecular flexibility index (Phi) is 3.63. The van der Waals surface area contributed by atoms with Crippen LogP contribution in [0.2, 0.25) is 0 Å². The Morgan fingerprint density at radius 1 is 1.53 bits per heavy atom. The lowest BCUT2D eigenvalue weighted by atomic mass is 10.3. The SMILES string of the molecule is Cc1c(CN=C(N)N2CCOCC2)cnn1C. The van der Waals surface area contributed by atoms with Crippen LogP contribution in [0.4, 0.5) is 0 Å². The van der Waals surface area contributed by atoms with Gasteiger partial charge in [0.15, 0.2) is 5.96 Å². The molecule has 0 radical (unpaired) electrons. The van der Waals surface area contributed by atoms with Crippen LogP contribution >= 0.6 is 0 Å². The molecule has 94 valence electrons. The smallest absolute Gasteiger partial charge is 0.191 e. The average Bonchev–Trinajstić information content (AvgIpc) is 2.68. The minimum Gasteiger partial charge on any atom is -0.378 e. The molecule has 0 aromatic carbocycles. The summed E-state index contributed by atoms with van der Waals surface area (Å²) in [6, 6.07) is 0. The number of morpholine rings is 1. The lowest BCUT2D eigenvalue weighted by molar-refractivity contribution is 0.0674. The first-order valence-electron chi connectivity index (χ1n) is 5.78. The molecule has 2 rings (SSSR count). The van der Waals surface area contributed by atoms with Crippen LogP contribution in [0, 0.1) is 6.92 Å². The lowest BCUT2D eigenvalue weighted by Gasteiger charge is -2.27. The number of aryl methyl sites for hydroxylation is 1. The summed E-state index contributed by atoms with van der Waals surface area (Å²) >= 11 is 0. The highest BCUT2D eigenvalue weighted by Gasteiger charge is 2.12. The first-order chi connectivity index (χ1) is 8.18. The van der Waals surface area contributed by atoms with Gasteiger partial charge in [-0.25, -0.2) is 4.99 Å². The number of aliphatic imine (C=N–C) groups is 1. The van der Waals surface area contributed by atoms with Crippen molar-refractivity contribution in [1.82, 2.24) is 14.7 Å². The number of nitrogens with zero attached hydrogens (tertiary/aromatic N) is 4. The highest BCUT2D eigenvalue weighted by Crippen LogP contribution is 2.07. The van der Waals surface area contributed by atoms with Crippen molar-refractivity contribution >= 4 is 5.96 Å². The van der Waals surface area contributed by atoms with Gasteiger partial charge >= 0.3 is 0 Å². The molecule has 6 nitrogen and oxygen atoms in total. The number of ether oxygens (including phenoxy) is 1. The molecule has 17 heavy (non-hydrogen) atoms. The van der Waals surface area contributed by atoms with Gasteiger partial charge in [0, 0.05) is 31.4 Å². The molecule has 2 N–H and O–H groups in total. The minimum atomic E-state index is 0.586. The zero-order valence-corrected chi connectivity index (χ0v) is 10.4. The van der Waals surface area contributed by atoms with Crippen LogP contribution in [0.15, 0.2) is 11.2 Å². The molecule has 0 aliphatic carbocycles. The second-order valence-corrected chi connectivity index (χ2v) is 4.15. The monoisotopic (exact) mass is 237 g/mol. The largest absolute Gasteiger partial charge is 0.378 e. The predicted molar refractivity (Wildman–Crippen MR) is 65.7 cm³/mol. The zero-order valence-electron chi connectivity index (χ0n) is 10.4. The fraction of sp³-hybridized carbons (Fsp3) is 0.636. The van der Waals surface area contributed by atoms with E-state index >= 15 is 0 Å². The second-order valence-electron chi connectivity index (χ2n) is 4.15. The van der Waals surface area contributed by atoms with Crippen LogP contribution in [-0.2, 0) is 18.3 Å². The van der Waals surface area contributed by atoms with Crippen LogP contribution in [0.5, 0.6) is 0 Å². The number of guanidine groups is 1. The van der Waals surface area contributed by atoms with Crippen molar-refractivity contribution in [3.8, 4) is 0 Å². The van der Waals surface area contributed by atoms with Gasteiger partial charge in [0.2, 0.25) is 0 Å². The highest BCUT2D eigenvalue weighted by molar-refractivity contribution is 5.78.